The largest absolute Gasteiger partial charge is 0.350 e. The van der Waals surface area contributed by atoms with Crippen LogP contribution in [-0.2, 0) is 4.79 Å². The summed E-state index contributed by atoms with van der Waals surface area (Å²) in [6.07, 6.45) is 0.0770. The lowest BCUT2D eigenvalue weighted by atomic mass is 10.0. The van der Waals surface area contributed by atoms with Gasteiger partial charge in [0.05, 0.1) is 0 Å². The minimum atomic E-state index is -0.578. The van der Waals surface area contributed by atoms with Crippen LogP contribution in [0.4, 0.5) is 0 Å². The summed E-state index contributed by atoms with van der Waals surface area (Å²) in [7, 11) is 0. The standard InChI is InChI=1S/C11H9ClN2O2S/c12-7-3-1-6(2-4-7)9(15)5-8-10(16)14-11(17)13-8/h1-4,8H,5H2,(H2,13,14,16,17)/t8-/m1/s1. The van der Waals surface area contributed by atoms with Gasteiger partial charge in [-0.15, -0.1) is 0 Å². The van der Waals surface area contributed by atoms with Crippen LogP contribution in [0.1, 0.15) is 16.8 Å². The van der Waals surface area contributed by atoms with Crippen molar-refractivity contribution in [2.24, 2.45) is 0 Å². The maximum absolute atomic E-state index is 11.9. The Hall–Kier alpha value is -1.46. The topological polar surface area (TPSA) is 58.2 Å². The van der Waals surface area contributed by atoms with Crippen molar-refractivity contribution in [2.45, 2.75) is 12.5 Å². The Balaban J connectivity index is 2.04. The van der Waals surface area contributed by atoms with Gasteiger partial charge < -0.3 is 10.6 Å². The molecular weight excluding hydrogens is 260 g/mol. The predicted molar refractivity (Wildman–Crippen MR) is 68.1 cm³/mol. The molecule has 1 atom stereocenters. The van der Waals surface area contributed by atoms with E-state index < -0.39 is 6.04 Å². The minimum Gasteiger partial charge on any atom is -0.350 e. The van der Waals surface area contributed by atoms with Gasteiger partial charge in [-0.2, -0.15) is 0 Å². The molecule has 2 N–H and O–H groups in total. The Bertz CT molecular complexity index is 487. The van der Waals surface area contributed by atoms with Crippen LogP contribution in [0.2, 0.25) is 5.02 Å². The highest BCUT2D eigenvalue weighted by Gasteiger charge is 2.29. The molecule has 0 saturated carbocycles. The lowest BCUT2D eigenvalue weighted by molar-refractivity contribution is -0.120. The number of thiocarbonyl (C=S) groups is 1. The number of ketones is 1. The highest BCUT2D eigenvalue weighted by Crippen LogP contribution is 2.12. The molecule has 0 spiro atoms. The molecular formula is C11H9ClN2O2S. The van der Waals surface area contributed by atoms with E-state index in [1.807, 2.05) is 0 Å². The van der Waals surface area contributed by atoms with Gasteiger partial charge in [0, 0.05) is 17.0 Å². The van der Waals surface area contributed by atoms with Crippen LogP contribution in [-0.4, -0.2) is 22.8 Å². The van der Waals surface area contributed by atoms with Gasteiger partial charge in [-0.25, -0.2) is 0 Å². The molecule has 1 aliphatic heterocycles. The van der Waals surface area contributed by atoms with Crippen LogP contribution < -0.4 is 10.6 Å². The monoisotopic (exact) mass is 268 g/mol. The summed E-state index contributed by atoms with van der Waals surface area (Å²) in [5.74, 6) is -0.392. The van der Waals surface area contributed by atoms with Crippen molar-refractivity contribution in [1.29, 1.82) is 0 Å². The van der Waals surface area contributed by atoms with Crippen molar-refractivity contribution >= 4 is 40.6 Å². The molecule has 0 radical (unpaired) electrons. The SMILES string of the molecule is O=C(C[C@H]1NC(=S)NC1=O)c1ccc(Cl)cc1. The van der Waals surface area contributed by atoms with Crippen LogP contribution >= 0.6 is 23.8 Å². The van der Waals surface area contributed by atoms with Gasteiger partial charge in [-0.1, -0.05) is 11.6 Å². The van der Waals surface area contributed by atoms with Gasteiger partial charge in [0.25, 0.3) is 0 Å². The zero-order valence-electron chi connectivity index (χ0n) is 8.70. The van der Waals surface area contributed by atoms with Crippen molar-refractivity contribution < 1.29 is 9.59 Å². The third-order valence-corrected chi connectivity index (χ3v) is 2.89. The van der Waals surface area contributed by atoms with Gasteiger partial charge in [0.15, 0.2) is 10.9 Å². The number of benzene rings is 1. The van der Waals surface area contributed by atoms with Crippen LogP contribution in [0, 0.1) is 0 Å². The molecule has 1 amide bonds. The number of rotatable bonds is 3. The quantitative estimate of drug-likeness (QED) is 0.641. The highest BCUT2D eigenvalue weighted by atomic mass is 35.5. The molecule has 1 fully saturated rings. The van der Waals surface area contributed by atoms with Gasteiger partial charge in [0.1, 0.15) is 6.04 Å². The molecule has 88 valence electrons. The van der Waals surface area contributed by atoms with E-state index in [2.05, 4.69) is 10.6 Å². The van der Waals surface area contributed by atoms with Crippen molar-refractivity contribution in [1.82, 2.24) is 10.6 Å². The number of hydrogen-bond acceptors (Lipinski definition) is 3. The van der Waals surface area contributed by atoms with Crippen LogP contribution in [0.15, 0.2) is 24.3 Å². The number of nitrogens with one attached hydrogen (secondary N) is 2. The number of carbonyl (C=O) groups is 2. The lowest BCUT2D eigenvalue weighted by Gasteiger charge is -2.06. The smallest absolute Gasteiger partial charge is 0.249 e. The third kappa shape index (κ3) is 2.81. The summed E-state index contributed by atoms with van der Waals surface area (Å²) in [5.41, 5.74) is 0.529. The van der Waals surface area contributed by atoms with E-state index in [1.165, 1.54) is 0 Å². The summed E-state index contributed by atoms with van der Waals surface area (Å²) in [5, 5.41) is 6.02. The second kappa shape index (κ2) is 4.81. The number of hydrogen-bond donors (Lipinski definition) is 2. The van der Waals surface area contributed by atoms with E-state index in [-0.39, 0.29) is 23.2 Å². The Kier molecular flexibility index (Phi) is 3.40. The van der Waals surface area contributed by atoms with Gasteiger partial charge in [0.2, 0.25) is 5.91 Å². The number of amides is 1. The summed E-state index contributed by atoms with van der Waals surface area (Å²) in [6, 6.07) is 5.97. The molecule has 1 aromatic carbocycles. The third-order valence-electron chi connectivity index (χ3n) is 2.41. The summed E-state index contributed by atoms with van der Waals surface area (Å²) < 4.78 is 0. The number of halogens is 1. The molecule has 1 heterocycles. The zero-order chi connectivity index (χ0) is 12.4. The first-order chi connectivity index (χ1) is 8.06. The predicted octanol–water partition coefficient (Wildman–Crippen LogP) is 1.29. The molecule has 4 nitrogen and oxygen atoms in total. The summed E-state index contributed by atoms with van der Waals surface area (Å²) >= 11 is 10.5. The fourth-order valence-corrected chi connectivity index (χ4v) is 1.91. The molecule has 1 aromatic rings. The molecule has 0 aromatic heterocycles. The number of carbonyl (C=O) groups excluding carboxylic acids is 2. The average molecular weight is 269 g/mol. The van der Waals surface area contributed by atoms with E-state index in [0.717, 1.165) is 0 Å². The first-order valence-electron chi connectivity index (χ1n) is 4.96. The first kappa shape index (κ1) is 12.0. The summed E-state index contributed by atoms with van der Waals surface area (Å²) in [6.45, 7) is 0. The normalized spacial score (nSPS) is 18.8. The molecule has 17 heavy (non-hydrogen) atoms. The summed E-state index contributed by atoms with van der Waals surface area (Å²) in [4.78, 5) is 23.2. The van der Waals surface area contributed by atoms with Crippen molar-refractivity contribution in [3.8, 4) is 0 Å². The van der Waals surface area contributed by atoms with E-state index >= 15 is 0 Å². The fourth-order valence-electron chi connectivity index (χ4n) is 1.54. The Morgan fingerprint density at radius 2 is 2.00 bits per heavy atom. The second-order valence-electron chi connectivity index (χ2n) is 3.65. The highest BCUT2D eigenvalue weighted by molar-refractivity contribution is 7.80. The van der Waals surface area contributed by atoms with E-state index in [4.69, 9.17) is 23.8 Å². The van der Waals surface area contributed by atoms with Crippen LogP contribution in [0.25, 0.3) is 0 Å². The van der Waals surface area contributed by atoms with Crippen molar-refractivity contribution in [3.05, 3.63) is 34.9 Å². The van der Waals surface area contributed by atoms with E-state index in [0.29, 0.717) is 10.6 Å². The molecule has 6 heteroatoms. The number of Topliss-reactive ketones (excluding diaryl/α,β-unsaturated/α-hetero) is 1. The minimum absolute atomic E-state index is 0.0770. The van der Waals surface area contributed by atoms with E-state index in [9.17, 15) is 9.59 Å². The second-order valence-corrected chi connectivity index (χ2v) is 4.49. The maximum atomic E-state index is 11.9. The molecule has 1 aliphatic rings. The molecule has 1 saturated heterocycles. The van der Waals surface area contributed by atoms with Gasteiger partial charge in [-0.3, -0.25) is 9.59 Å². The molecule has 2 rings (SSSR count). The van der Waals surface area contributed by atoms with Crippen molar-refractivity contribution in [3.63, 3.8) is 0 Å². The molecule has 0 bridgehead atoms. The van der Waals surface area contributed by atoms with Crippen LogP contribution in [0.5, 0.6) is 0 Å². The zero-order valence-corrected chi connectivity index (χ0v) is 10.3. The molecule has 0 unspecified atom stereocenters. The fraction of sp³-hybridized carbons (Fsp3) is 0.182. The van der Waals surface area contributed by atoms with Gasteiger partial charge >= 0.3 is 0 Å². The Morgan fingerprint density at radius 1 is 1.35 bits per heavy atom. The maximum Gasteiger partial charge on any atom is 0.249 e. The first-order valence-corrected chi connectivity index (χ1v) is 5.75. The average Bonchev–Trinajstić information content (AvgIpc) is 2.58. The van der Waals surface area contributed by atoms with Gasteiger partial charge in [-0.05, 0) is 36.5 Å². The van der Waals surface area contributed by atoms with Crippen molar-refractivity contribution in [2.75, 3.05) is 0 Å². The Morgan fingerprint density at radius 3 is 2.53 bits per heavy atom. The Labute approximate surface area is 108 Å². The molecule has 0 aliphatic carbocycles. The van der Waals surface area contributed by atoms with Crippen LogP contribution in [0.3, 0.4) is 0 Å². The lowest BCUT2D eigenvalue weighted by Crippen LogP contribution is -2.31. The van der Waals surface area contributed by atoms with E-state index in [1.54, 1.807) is 24.3 Å².